The highest BCUT2D eigenvalue weighted by Gasteiger charge is 2.29. The Labute approximate surface area is 198 Å². The summed E-state index contributed by atoms with van der Waals surface area (Å²) in [6, 6.07) is 17.1. The number of thiophene rings is 1. The van der Waals surface area contributed by atoms with Crippen LogP contribution in [-0.4, -0.2) is 48.4 Å². The van der Waals surface area contributed by atoms with Gasteiger partial charge < -0.3 is 20.1 Å². The van der Waals surface area contributed by atoms with Crippen molar-refractivity contribution in [2.24, 2.45) is 0 Å². The lowest BCUT2D eigenvalue weighted by atomic mass is 9.93. The predicted octanol–water partition coefficient (Wildman–Crippen LogP) is 5.22. The molecule has 3 aromatic rings. The molecule has 3 unspecified atom stereocenters. The maximum absolute atomic E-state index is 13.2. The largest absolute Gasteiger partial charge is 0.400 e. The van der Waals surface area contributed by atoms with Gasteiger partial charge in [-0.3, -0.25) is 4.39 Å². The lowest BCUT2D eigenvalue weighted by molar-refractivity contribution is -0.113. The van der Waals surface area contributed by atoms with Crippen LogP contribution >= 0.6 is 11.3 Å². The molecule has 0 amide bonds. The Balaban J connectivity index is 0.000000914. The first kappa shape index (κ1) is 27.1. The fraction of sp³-hybridized carbons (Fsp3) is 0.385. The molecule has 1 saturated heterocycles. The van der Waals surface area contributed by atoms with Gasteiger partial charge in [0.2, 0.25) is 0 Å². The molecule has 0 aliphatic carbocycles. The van der Waals surface area contributed by atoms with Crippen molar-refractivity contribution < 1.29 is 28.8 Å². The molecular formula is C26H32F2O4S. The van der Waals surface area contributed by atoms with Gasteiger partial charge in [0.15, 0.2) is 0 Å². The van der Waals surface area contributed by atoms with E-state index in [2.05, 4.69) is 31.2 Å². The van der Waals surface area contributed by atoms with Crippen molar-refractivity contribution in [1.29, 1.82) is 0 Å². The number of hydrogen-bond acceptors (Lipinski definition) is 5. The minimum atomic E-state index is -0.453. The van der Waals surface area contributed by atoms with Crippen molar-refractivity contribution in [2.75, 3.05) is 20.9 Å². The fourth-order valence-electron chi connectivity index (χ4n) is 3.83. The van der Waals surface area contributed by atoms with Gasteiger partial charge in [0.1, 0.15) is 5.82 Å². The van der Waals surface area contributed by atoms with E-state index < -0.39 is 6.10 Å². The molecule has 1 fully saturated rings. The summed E-state index contributed by atoms with van der Waals surface area (Å²) in [6.07, 6.45) is 0.868. The first-order valence-electron chi connectivity index (χ1n) is 10.7. The molecule has 0 saturated carbocycles. The molecule has 4 rings (SSSR count). The molecule has 33 heavy (non-hydrogen) atoms. The molecule has 1 aliphatic rings. The zero-order valence-electron chi connectivity index (χ0n) is 19.2. The molecule has 4 nitrogen and oxygen atoms in total. The Bertz CT molecular complexity index is 975. The van der Waals surface area contributed by atoms with E-state index in [1.165, 1.54) is 28.1 Å². The van der Waals surface area contributed by atoms with Gasteiger partial charge >= 0.3 is 0 Å². The SMILES string of the molecule is CF.CO.Cc1ccc(C2CC(O)CC(CO)O2)cc1Cc1ccc(-c2ccc(F)cc2)s1. The van der Waals surface area contributed by atoms with Crippen molar-refractivity contribution in [3.63, 3.8) is 0 Å². The first-order valence-corrected chi connectivity index (χ1v) is 11.5. The summed E-state index contributed by atoms with van der Waals surface area (Å²) < 4.78 is 28.6. The highest BCUT2D eigenvalue weighted by Crippen LogP contribution is 2.34. The second kappa shape index (κ2) is 13.5. The molecule has 1 aliphatic heterocycles. The highest BCUT2D eigenvalue weighted by molar-refractivity contribution is 7.15. The smallest absolute Gasteiger partial charge is 0.123 e. The molecule has 0 spiro atoms. The molecule has 3 atom stereocenters. The molecule has 180 valence electrons. The van der Waals surface area contributed by atoms with Crippen LogP contribution in [-0.2, 0) is 11.2 Å². The van der Waals surface area contributed by atoms with E-state index in [1.54, 1.807) is 23.5 Å². The summed E-state index contributed by atoms with van der Waals surface area (Å²) in [7, 11) is 1.50. The van der Waals surface area contributed by atoms with Gasteiger partial charge in [-0.1, -0.05) is 30.3 Å². The Morgan fingerprint density at radius 1 is 1.00 bits per heavy atom. The average Bonchev–Trinajstić information content (AvgIpc) is 3.31. The Hall–Kier alpha value is -2.16. The number of benzene rings is 2. The normalized spacial score (nSPS) is 19.7. The number of halogens is 2. The Kier molecular flexibility index (Phi) is 11.1. The lowest BCUT2D eigenvalue weighted by Gasteiger charge is -2.32. The topological polar surface area (TPSA) is 69.9 Å². The number of alkyl halides is 1. The van der Waals surface area contributed by atoms with E-state index in [0.717, 1.165) is 29.5 Å². The van der Waals surface area contributed by atoms with Crippen LogP contribution in [0.3, 0.4) is 0 Å². The molecule has 1 aromatic heterocycles. The third kappa shape index (κ3) is 7.42. The molecule has 2 aromatic carbocycles. The van der Waals surface area contributed by atoms with Crippen LogP contribution in [0.15, 0.2) is 54.6 Å². The van der Waals surface area contributed by atoms with Gasteiger partial charge in [-0.15, -0.1) is 11.3 Å². The van der Waals surface area contributed by atoms with Crippen LogP contribution in [0.2, 0.25) is 0 Å². The molecule has 0 radical (unpaired) electrons. The number of ether oxygens (including phenoxy) is 1. The van der Waals surface area contributed by atoms with Gasteiger partial charge in [0.25, 0.3) is 0 Å². The summed E-state index contributed by atoms with van der Waals surface area (Å²) >= 11 is 1.71. The third-order valence-corrected chi connectivity index (χ3v) is 6.62. The third-order valence-electron chi connectivity index (χ3n) is 5.48. The van der Waals surface area contributed by atoms with Gasteiger partial charge in [-0.25, -0.2) is 4.39 Å². The number of aryl methyl sites for hydroxylation is 1. The maximum atomic E-state index is 13.2. The summed E-state index contributed by atoms with van der Waals surface area (Å²) in [4.78, 5) is 2.36. The van der Waals surface area contributed by atoms with Gasteiger partial charge in [-0.2, -0.15) is 0 Å². The second-order valence-electron chi connectivity index (χ2n) is 7.69. The van der Waals surface area contributed by atoms with Crippen LogP contribution in [0.5, 0.6) is 0 Å². The number of aliphatic hydroxyl groups is 3. The van der Waals surface area contributed by atoms with Crippen molar-refractivity contribution in [3.8, 4) is 10.4 Å². The zero-order valence-corrected chi connectivity index (χ0v) is 20.0. The molecular weight excluding hydrogens is 446 g/mol. The molecule has 3 N–H and O–H groups in total. The highest BCUT2D eigenvalue weighted by atomic mass is 32.1. The van der Waals surface area contributed by atoms with E-state index in [9.17, 15) is 19.0 Å². The second-order valence-corrected chi connectivity index (χ2v) is 8.86. The van der Waals surface area contributed by atoms with Gasteiger partial charge in [-0.05, 0) is 53.4 Å². The van der Waals surface area contributed by atoms with E-state index >= 15 is 0 Å². The average molecular weight is 479 g/mol. The van der Waals surface area contributed by atoms with Crippen molar-refractivity contribution >= 4 is 11.3 Å². The summed E-state index contributed by atoms with van der Waals surface area (Å²) in [6.45, 7) is 2.02. The summed E-state index contributed by atoms with van der Waals surface area (Å²) in [5, 5.41) is 26.5. The molecule has 0 bridgehead atoms. The number of hydrogen-bond donors (Lipinski definition) is 3. The quantitative estimate of drug-likeness (QED) is 0.470. The zero-order chi connectivity index (χ0) is 24.4. The van der Waals surface area contributed by atoms with Crippen molar-refractivity contribution in [1.82, 2.24) is 0 Å². The van der Waals surface area contributed by atoms with E-state index in [4.69, 9.17) is 9.84 Å². The summed E-state index contributed by atoms with van der Waals surface area (Å²) in [5.41, 5.74) is 4.49. The van der Waals surface area contributed by atoms with Gasteiger partial charge in [0.05, 0.1) is 32.1 Å². The van der Waals surface area contributed by atoms with Crippen LogP contribution < -0.4 is 0 Å². The van der Waals surface area contributed by atoms with E-state index in [1.807, 2.05) is 6.07 Å². The number of rotatable bonds is 5. The number of aliphatic hydroxyl groups excluding tert-OH is 3. The Morgan fingerprint density at radius 2 is 1.70 bits per heavy atom. The fourth-order valence-corrected chi connectivity index (χ4v) is 4.87. The molecule has 7 heteroatoms. The molecule has 2 heterocycles. The van der Waals surface area contributed by atoms with E-state index in [-0.39, 0.29) is 24.6 Å². The maximum Gasteiger partial charge on any atom is 0.123 e. The van der Waals surface area contributed by atoms with E-state index in [0.29, 0.717) is 20.0 Å². The van der Waals surface area contributed by atoms with Crippen molar-refractivity contribution in [2.45, 2.75) is 44.5 Å². The van der Waals surface area contributed by atoms with Crippen LogP contribution in [0.4, 0.5) is 8.78 Å². The monoisotopic (exact) mass is 478 g/mol. The van der Waals surface area contributed by atoms with Gasteiger partial charge in [0, 0.05) is 36.1 Å². The van der Waals surface area contributed by atoms with Crippen LogP contribution in [0.25, 0.3) is 10.4 Å². The summed E-state index contributed by atoms with van der Waals surface area (Å²) in [5.74, 6) is -0.226. The van der Waals surface area contributed by atoms with Crippen LogP contribution in [0.1, 0.15) is 40.5 Å². The lowest BCUT2D eigenvalue weighted by Crippen LogP contribution is -2.33. The van der Waals surface area contributed by atoms with Crippen molar-refractivity contribution in [3.05, 3.63) is 82.0 Å². The standard InChI is InChI=1S/C24H25FO3S.CH3F.CH4O/c1-15-2-3-17(23-13-20(27)12-21(14-26)28-23)10-18(15)11-22-8-9-24(29-22)16-4-6-19(25)7-5-16;2*1-2/h2-10,20-21,23,26-27H,11-14H2,1H3;1H3;2H,1H3. The predicted molar refractivity (Wildman–Crippen MR) is 129 cm³/mol. The first-order chi connectivity index (χ1) is 16.0. The minimum absolute atomic E-state index is 0.0758. The minimum Gasteiger partial charge on any atom is -0.400 e. The Morgan fingerprint density at radius 3 is 2.36 bits per heavy atom. The van der Waals surface area contributed by atoms with Crippen LogP contribution in [0, 0.1) is 12.7 Å².